The molecular formula is C14H13N3. The topological polar surface area (TPSA) is 64.9 Å². The molecule has 0 saturated carbocycles. The lowest BCUT2D eigenvalue weighted by Gasteiger charge is -2.05. The van der Waals surface area contributed by atoms with Crippen molar-refractivity contribution in [2.24, 2.45) is 0 Å². The number of anilines is 2. The van der Waals surface area contributed by atoms with Crippen molar-refractivity contribution in [1.29, 1.82) is 0 Å². The van der Waals surface area contributed by atoms with Crippen molar-refractivity contribution < 1.29 is 0 Å². The van der Waals surface area contributed by atoms with E-state index in [1.807, 2.05) is 30.3 Å². The Kier molecular flexibility index (Phi) is 2.11. The van der Waals surface area contributed by atoms with Crippen molar-refractivity contribution in [3.05, 3.63) is 52.5 Å². The second kappa shape index (κ2) is 3.63. The van der Waals surface area contributed by atoms with Crippen molar-refractivity contribution >= 4 is 23.7 Å². The molecule has 0 bridgehead atoms. The van der Waals surface area contributed by atoms with Crippen LogP contribution in [0.3, 0.4) is 0 Å². The predicted octanol–water partition coefficient (Wildman–Crippen LogP) is 0.604. The molecule has 3 nitrogen and oxygen atoms in total. The number of nitrogens with zero attached hydrogens (tertiary/aromatic N) is 1. The lowest BCUT2D eigenvalue weighted by atomic mass is 10.0. The summed E-state index contributed by atoms with van der Waals surface area (Å²) in [5.74, 6) is 0.817. The smallest absolute Gasteiger partial charge is 0.123 e. The van der Waals surface area contributed by atoms with Gasteiger partial charge in [-0.15, -0.1) is 0 Å². The summed E-state index contributed by atoms with van der Waals surface area (Å²) in [4.78, 5) is 4.00. The molecule has 1 unspecified atom stereocenters. The fraction of sp³-hybridized carbons (Fsp3) is 0.0714. The van der Waals surface area contributed by atoms with Crippen LogP contribution < -0.4 is 21.9 Å². The van der Waals surface area contributed by atoms with Gasteiger partial charge in [0.15, 0.2) is 0 Å². The highest BCUT2D eigenvalue weighted by molar-refractivity contribution is 5.62. The first-order chi connectivity index (χ1) is 8.22. The first-order valence-electron chi connectivity index (χ1n) is 5.53. The van der Waals surface area contributed by atoms with E-state index in [0.717, 1.165) is 11.3 Å². The Labute approximate surface area is 99.1 Å². The molecule has 0 amide bonds. The quantitative estimate of drug-likeness (QED) is 0.696. The summed E-state index contributed by atoms with van der Waals surface area (Å²) >= 11 is 0. The van der Waals surface area contributed by atoms with E-state index < -0.39 is 0 Å². The van der Waals surface area contributed by atoms with Crippen LogP contribution in [0.4, 0.5) is 11.5 Å². The molecule has 3 heteroatoms. The van der Waals surface area contributed by atoms with Crippen molar-refractivity contribution in [3.63, 3.8) is 0 Å². The molecule has 1 heterocycles. The van der Waals surface area contributed by atoms with Gasteiger partial charge >= 0.3 is 0 Å². The second-order valence-corrected chi connectivity index (χ2v) is 4.26. The van der Waals surface area contributed by atoms with E-state index in [4.69, 9.17) is 11.5 Å². The van der Waals surface area contributed by atoms with E-state index >= 15 is 0 Å². The molecule has 0 saturated heterocycles. The molecule has 17 heavy (non-hydrogen) atoms. The van der Waals surface area contributed by atoms with Gasteiger partial charge < -0.3 is 11.5 Å². The number of benzene rings is 1. The van der Waals surface area contributed by atoms with E-state index in [2.05, 4.69) is 17.1 Å². The summed E-state index contributed by atoms with van der Waals surface area (Å²) in [5, 5.41) is 2.41. The molecule has 2 aromatic rings. The number of hydrogen-bond acceptors (Lipinski definition) is 3. The number of nitrogens with two attached hydrogens (primary N) is 2. The van der Waals surface area contributed by atoms with Crippen molar-refractivity contribution in [3.8, 4) is 0 Å². The molecule has 0 aliphatic heterocycles. The molecule has 0 fully saturated rings. The van der Waals surface area contributed by atoms with Crippen LogP contribution in [-0.4, -0.2) is 4.98 Å². The lowest BCUT2D eigenvalue weighted by Crippen LogP contribution is -2.20. The van der Waals surface area contributed by atoms with E-state index in [-0.39, 0.29) is 5.92 Å². The van der Waals surface area contributed by atoms with Crippen LogP contribution in [0.5, 0.6) is 0 Å². The van der Waals surface area contributed by atoms with Gasteiger partial charge in [0, 0.05) is 17.8 Å². The third kappa shape index (κ3) is 1.76. The molecule has 84 valence electrons. The Balaban J connectivity index is 2.10. The second-order valence-electron chi connectivity index (χ2n) is 4.26. The molecule has 1 aromatic heterocycles. The molecule has 1 aliphatic rings. The minimum absolute atomic E-state index is 0.261. The zero-order chi connectivity index (χ0) is 11.8. The van der Waals surface area contributed by atoms with E-state index in [0.29, 0.717) is 5.82 Å². The molecule has 1 aromatic carbocycles. The molecule has 0 spiro atoms. The lowest BCUT2D eigenvalue weighted by molar-refractivity contribution is 1.18. The van der Waals surface area contributed by atoms with E-state index in [9.17, 15) is 0 Å². The van der Waals surface area contributed by atoms with Crippen LogP contribution in [0.2, 0.25) is 0 Å². The fourth-order valence-electron chi connectivity index (χ4n) is 2.19. The average Bonchev–Trinajstić information content (AvgIpc) is 2.72. The van der Waals surface area contributed by atoms with Crippen LogP contribution in [0, 0.1) is 0 Å². The zero-order valence-corrected chi connectivity index (χ0v) is 9.30. The monoisotopic (exact) mass is 223 g/mol. The van der Waals surface area contributed by atoms with Gasteiger partial charge in [0.2, 0.25) is 0 Å². The van der Waals surface area contributed by atoms with Crippen LogP contribution in [0.15, 0.2) is 36.5 Å². The maximum absolute atomic E-state index is 5.78. The highest BCUT2D eigenvalue weighted by Crippen LogP contribution is 2.21. The van der Waals surface area contributed by atoms with Crippen molar-refractivity contribution in [2.75, 3.05) is 11.5 Å². The SMILES string of the molecule is Nc1ccc2c(c1)=CC(c1ccnc(N)c1)C=2. The first kappa shape index (κ1) is 9.90. The van der Waals surface area contributed by atoms with Gasteiger partial charge in [-0.25, -0.2) is 4.98 Å². The summed E-state index contributed by atoms with van der Waals surface area (Å²) in [6, 6.07) is 9.87. The van der Waals surface area contributed by atoms with Gasteiger partial charge in [-0.2, -0.15) is 0 Å². The summed E-state index contributed by atoms with van der Waals surface area (Å²) < 4.78 is 0. The largest absolute Gasteiger partial charge is 0.399 e. The maximum Gasteiger partial charge on any atom is 0.123 e. The number of fused-ring (bicyclic) bond motifs is 1. The van der Waals surface area contributed by atoms with Crippen LogP contribution in [0.25, 0.3) is 12.2 Å². The van der Waals surface area contributed by atoms with Gasteiger partial charge in [0.1, 0.15) is 5.82 Å². The van der Waals surface area contributed by atoms with Gasteiger partial charge in [0.05, 0.1) is 0 Å². The minimum Gasteiger partial charge on any atom is -0.399 e. The Morgan fingerprint density at radius 1 is 0.941 bits per heavy atom. The van der Waals surface area contributed by atoms with Crippen LogP contribution in [0.1, 0.15) is 11.5 Å². The zero-order valence-electron chi connectivity index (χ0n) is 9.30. The van der Waals surface area contributed by atoms with E-state index in [1.165, 1.54) is 10.4 Å². The minimum atomic E-state index is 0.261. The Morgan fingerprint density at radius 3 is 2.59 bits per heavy atom. The van der Waals surface area contributed by atoms with Crippen LogP contribution >= 0.6 is 0 Å². The summed E-state index contributed by atoms with van der Waals surface area (Å²) in [7, 11) is 0. The van der Waals surface area contributed by atoms with Gasteiger partial charge in [0.25, 0.3) is 0 Å². The first-order valence-corrected chi connectivity index (χ1v) is 5.53. The number of rotatable bonds is 1. The highest BCUT2D eigenvalue weighted by Gasteiger charge is 2.10. The Bertz CT molecular complexity index is 689. The molecule has 1 aliphatic carbocycles. The standard InChI is InChI=1S/C14H13N3/c15-13-2-1-9-5-11(6-12(9)7-13)10-3-4-17-14(16)8-10/h1-8,11H,15H2,(H2,16,17). The average molecular weight is 223 g/mol. The third-order valence-corrected chi connectivity index (χ3v) is 3.02. The third-order valence-electron chi connectivity index (χ3n) is 3.02. The molecule has 0 radical (unpaired) electrons. The predicted molar refractivity (Wildman–Crippen MR) is 70.4 cm³/mol. The van der Waals surface area contributed by atoms with Crippen molar-refractivity contribution in [1.82, 2.24) is 4.98 Å². The Hall–Kier alpha value is -2.29. The van der Waals surface area contributed by atoms with Crippen molar-refractivity contribution in [2.45, 2.75) is 5.92 Å². The molecule has 4 N–H and O–H groups in total. The number of nitrogen functional groups attached to an aromatic ring is 2. The molecule has 1 atom stereocenters. The summed E-state index contributed by atoms with van der Waals surface area (Å²) in [5.41, 5.74) is 13.4. The number of pyridine rings is 1. The number of hydrogen-bond donors (Lipinski definition) is 2. The van der Waals surface area contributed by atoms with Gasteiger partial charge in [-0.05, 0) is 40.3 Å². The van der Waals surface area contributed by atoms with Crippen LogP contribution in [-0.2, 0) is 0 Å². The Morgan fingerprint density at radius 2 is 1.76 bits per heavy atom. The summed E-state index contributed by atoms with van der Waals surface area (Å²) in [6.45, 7) is 0. The fourth-order valence-corrected chi connectivity index (χ4v) is 2.19. The normalized spacial score (nSPS) is 17.1. The number of aromatic nitrogens is 1. The van der Waals surface area contributed by atoms with Gasteiger partial charge in [-0.3, -0.25) is 0 Å². The maximum atomic E-state index is 5.78. The van der Waals surface area contributed by atoms with E-state index in [1.54, 1.807) is 6.20 Å². The highest BCUT2D eigenvalue weighted by atomic mass is 14.8. The molecule has 3 rings (SSSR count). The summed E-state index contributed by atoms with van der Waals surface area (Å²) in [6.07, 6.45) is 6.15. The molecular weight excluding hydrogens is 210 g/mol. The van der Waals surface area contributed by atoms with Gasteiger partial charge in [-0.1, -0.05) is 18.2 Å².